The third-order valence-electron chi connectivity index (χ3n) is 4.16. The maximum Gasteiger partial charge on any atom is 0.209 e. The SMILES string of the molecule is CCN(C=O)CCOc1ccc2c(-c3ccccc3F)noc2c1C. The van der Waals surface area contributed by atoms with Gasteiger partial charge in [-0.1, -0.05) is 17.3 Å². The lowest BCUT2D eigenvalue weighted by Crippen LogP contribution is -2.26. The van der Waals surface area contributed by atoms with Crippen molar-refractivity contribution in [1.29, 1.82) is 0 Å². The van der Waals surface area contributed by atoms with Crippen LogP contribution in [0.5, 0.6) is 5.75 Å². The third kappa shape index (κ3) is 3.33. The van der Waals surface area contributed by atoms with Crippen LogP contribution in [0, 0.1) is 12.7 Å². The quantitative estimate of drug-likeness (QED) is 0.613. The molecule has 0 N–H and O–H groups in total. The molecule has 0 saturated heterocycles. The van der Waals surface area contributed by atoms with Crippen LogP contribution >= 0.6 is 0 Å². The Morgan fingerprint density at radius 3 is 2.80 bits per heavy atom. The van der Waals surface area contributed by atoms with Crippen molar-refractivity contribution < 1.29 is 18.4 Å². The maximum atomic E-state index is 14.0. The summed E-state index contributed by atoms with van der Waals surface area (Å²) in [5.74, 6) is 0.315. The van der Waals surface area contributed by atoms with Crippen LogP contribution in [0.15, 0.2) is 40.9 Å². The summed E-state index contributed by atoms with van der Waals surface area (Å²) in [5, 5.41) is 4.77. The van der Waals surface area contributed by atoms with E-state index in [-0.39, 0.29) is 5.82 Å². The van der Waals surface area contributed by atoms with E-state index in [0.717, 1.165) is 17.4 Å². The highest BCUT2D eigenvalue weighted by molar-refractivity contribution is 5.94. The molecular weight excluding hydrogens is 323 g/mol. The van der Waals surface area contributed by atoms with Crippen molar-refractivity contribution in [3.05, 3.63) is 47.8 Å². The highest BCUT2D eigenvalue weighted by Gasteiger charge is 2.17. The Bertz CT molecular complexity index is 892. The number of hydrogen-bond acceptors (Lipinski definition) is 4. The number of benzene rings is 2. The Morgan fingerprint density at radius 2 is 2.08 bits per heavy atom. The van der Waals surface area contributed by atoms with Gasteiger partial charge in [-0.3, -0.25) is 4.79 Å². The first-order chi connectivity index (χ1) is 12.2. The monoisotopic (exact) mass is 342 g/mol. The summed E-state index contributed by atoms with van der Waals surface area (Å²) in [5.41, 5.74) is 2.24. The van der Waals surface area contributed by atoms with Crippen LogP contribution in [0.3, 0.4) is 0 Å². The molecule has 1 aromatic heterocycles. The minimum Gasteiger partial charge on any atom is -0.491 e. The van der Waals surface area contributed by atoms with Crippen molar-refractivity contribution in [1.82, 2.24) is 10.1 Å². The minimum atomic E-state index is -0.343. The lowest BCUT2D eigenvalue weighted by molar-refractivity contribution is -0.118. The molecular formula is C19H19FN2O3. The van der Waals surface area contributed by atoms with E-state index in [0.29, 0.717) is 42.3 Å². The number of fused-ring (bicyclic) bond motifs is 1. The Balaban J connectivity index is 1.87. The largest absolute Gasteiger partial charge is 0.491 e. The fraction of sp³-hybridized carbons (Fsp3) is 0.263. The summed E-state index contributed by atoms with van der Waals surface area (Å²) in [6.07, 6.45) is 0.802. The highest BCUT2D eigenvalue weighted by atomic mass is 19.1. The zero-order valence-electron chi connectivity index (χ0n) is 14.2. The average Bonchev–Trinajstić information content (AvgIpc) is 3.05. The van der Waals surface area contributed by atoms with E-state index in [4.69, 9.17) is 9.26 Å². The number of ether oxygens (including phenoxy) is 1. The van der Waals surface area contributed by atoms with Crippen LogP contribution in [-0.2, 0) is 4.79 Å². The number of carbonyl (C=O) groups excluding carboxylic acids is 1. The molecule has 25 heavy (non-hydrogen) atoms. The summed E-state index contributed by atoms with van der Waals surface area (Å²) in [6, 6.07) is 10.1. The van der Waals surface area contributed by atoms with Gasteiger partial charge < -0.3 is 14.2 Å². The molecule has 0 radical (unpaired) electrons. The first kappa shape index (κ1) is 17.0. The van der Waals surface area contributed by atoms with E-state index in [1.807, 2.05) is 26.0 Å². The highest BCUT2D eigenvalue weighted by Crippen LogP contribution is 2.34. The fourth-order valence-corrected chi connectivity index (χ4v) is 2.68. The number of likely N-dealkylation sites (N-methyl/N-ethyl adjacent to an activating group) is 1. The fourth-order valence-electron chi connectivity index (χ4n) is 2.68. The van der Waals surface area contributed by atoms with Crippen LogP contribution in [-0.4, -0.2) is 36.2 Å². The molecule has 5 nitrogen and oxygen atoms in total. The van der Waals surface area contributed by atoms with Gasteiger partial charge in [0.15, 0.2) is 5.58 Å². The molecule has 6 heteroatoms. The molecule has 0 aliphatic carbocycles. The molecule has 3 aromatic rings. The van der Waals surface area contributed by atoms with Crippen molar-refractivity contribution in [2.24, 2.45) is 0 Å². The molecule has 2 aromatic carbocycles. The van der Waals surface area contributed by atoms with E-state index in [2.05, 4.69) is 5.16 Å². The average molecular weight is 342 g/mol. The molecule has 0 saturated carbocycles. The van der Waals surface area contributed by atoms with Crippen LogP contribution in [0.25, 0.3) is 22.2 Å². The van der Waals surface area contributed by atoms with Gasteiger partial charge in [-0.25, -0.2) is 4.39 Å². The number of rotatable bonds is 7. The third-order valence-corrected chi connectivity index (χ3v) is 4.16. The Morgan fingerprint density at radius 1 is 1.28 bits per heavy atom. The van der Waals surface area contributed by atoms with E-state index >= 15 is 0 Å². The van der Waals surface area contributed by atoms with Crippen LogP contribution < -0.4 is 4.74 Å². The summed E-state index contributed by atoms with van der Waals surface area (Å²) in [6.45, 7) is 5.30. The summed E-state index contributed by atoms with van der Waals surface area (Å²) >= 11 is 0. The molecule has 0 unspecified atom stereocenters. The molecule has 130 valence electrons. The molecule has 0 aliphatic heterocycles. The van der Waals surface area contributed by atoms with Gasteiger partial charge >= 0.3 is 0 Å². The molecule has 0 spiro atoms. The zero-order chi connectivity index (χ0) is 17.8. The van der Waals surface area contributed by atoms with Gasteiger partial charge in [-0.15, -0.1) is 0 Å². The smallest absolute Gasteiger partial charge is 0.209 e. The Hall–Kier alpha value is -2.89. The number of hydrogen-bond donors (Lipinski definition) is 0. The minimum absolute atomic E-state index is 0.343. The predicted molar refractivity (Wildman–Crippen MR) is 92.9 cm³/mol. The van der Waals surface area contributed by atoms with Gasteiger partial charge in [0.25, 0.3) is 0 Å². The van der Waals surface area contributed by atoms with E-state index in [1.165, 1.54) is 6.07 Å². The number of amides is 1. The number of carbonyl (C=O) groups is 1. The topological polar surface area (TPSA) is 55.6 Å². The lowest BCUT2D eigenvalue weighted by Gasteiger charge is -2.15. The van der Waals surface area contributed by atoms with Gasteiger partial charge in [0, 0.05) is 17.7 Å². The molecule has 0 aliphatic rings. The second kappa shape index (κ2) is 7.34. The first-order valence-corrected chi connectivity index (χ1v) is 8.11. The van der Waals surface area contributed by atoms with Crippen molar-refractivity contribution in [3.63, 3.8) is 0 Å². The van der Waals surface area contributed by atoms with Gasteiger partial charge in [0.2, 0.25) is 6.41 Å². The molecule has 0 fully saturated rings. The van der Waals surface area contributed by atoms with Crippen molar-refractivity contribution >= 4 is 17.4 Å². The number of nitrogens with zero attached hydrogens (tertiary/aromatic N) is 2. The summed E-state index contributed by atoms with van der Waals surface area (Å²) in [7, 11) is 0. The van der Waals surface area contributed by atoms with Crippen molar-refractivity contribution in [2.75, 3.05) is 19.7 Å². The summed E-state index contributed by atoms with van der Waals surface area (Å²) < 4.78 is 25.2. The van der Waals surface area contributed by atoms with Crippen molar-refractivity contribution in [3.8, 4) is 17.0 Å². The Labute approximate surface area is 145 Å². The van der Waals surface area contributed by atoms with Crippen LogP contribution in [0.4, 0.5) is 4.39 Å². The molecule has 3 rings (SSSR count). The molecule has 1 amide bonds. The molecule has 0 bridgehead atoms. The Kier molecular flexibility index (Phi) is 4.97. The summed E-state index contributed by atoms with van der Waals surface area (Å²) in [4.78, 5) is 12.4. The lowest BCUT2D eigenvalue weighted by atomic mass is 10.1. The first-order valence-electron chi connectivity index (χ1n) is 8.11. The van der Waals surface area contributed by atoms with Gasteiger partial charge in [-0.2, -0.15) is 0 Å². The second-order valence-electron chi connectivity index (χ2n) is 5.66. The molecule has 0 atom stereocenters. The molecule has 1 heterocycles. The van der Waals surface area contributed by atoms with Crippen molar-refractivity contribution in [2.45, 2.75) is 13.8 Å². The van der Waals surface area contributed by atoms with Crippen LogP contribution in [0.2, 0.25) is 0 Å². The second-order valence-corrected chi connectivity index (χ2v) is 5.66. The van der Waals surface area contributed by atoms with E-state index < -0.39 is 0 Å². The standard InChI is InChI=1S/C19H19FN2O3/c1-3-22(12-23)10-11-24-17-9-8-15-18(21-25-19(15)13(17)2)14-6-4-5-7-16(14)20/h4-9,12H,3,10-11H2,1-2H3. The van der Waals surface area contributed by atoms with Gasteiger partial charge in [0.05, 0.1) is 11.9 Å². The van der Waals surface area contributed by atoms with E-state index in [1.54, 1.807) is 23.1 Å². The number of aryl methyl sites for hydroxylation is 1. The zero-order valence-corrected chi connectivity index (χ0v) is 14.2. The predicted octanol–water partition coefficient (Wildman–Crippen LogP) is 3.80. The van der Waals surface area contributed by atoms with E-state index in [9.17, 15) is 9.18 Å². The van der Waals surface area contributed by atoms with Gasteiger partial charge in [0.1, 0.15) is 23.9 Å². The number of aromatic nitrogens is 1. The van der Waals surface area contributed by atoms with Gasteiger partial charge in [-0.05, 0) is 38.1 Å². The maximum absolute atomic E-state index is 14.0. The number of halogens is 1. The normalized spacial score (nSPS) is 10.8. The van der Waals surface area contributed by atoms with Crippen LogP contribution in [0.1, 0.15) is 12.5 Å².